The predicted molar refractivity (Wildman–Crippen MR) is 67.4 cm³/mol. The standard InChI is InChI=1S/C13H14N2O4/c14-9-1-2-10-8(3-9)4-11(17)15(10)12(18)13(5-16)6-19-7-13/h1-3,16H,4-7,14H2. The van der Waals surface area contributed by atoms with Crippen LogP contribution in [0.5, 0.6) is 0 Å². The van der Waals surface area contributed by atoms with E-state index >= 15 is 0 Å². The first-order valence-electron chi connectivity index (χ1n) is 6.02. The first-order chi connectivity index (χ1) is 9.07. The molecule has 100 valence electrons. The van der Waals surface area contributed by atoms with Crippen LogP contribution in [0, 0.1) is 5.41 Å². The van der Waals surface area contributed by atoms with Gasteiger partial charge in [-0.15, -0.1) is 0 Å². The highest BCUT2D eigenvalue weighted by molar-refractivity contribution is 6.21. The van der Waals surface area contributed by atoms with Crippen molar-refractivity contribution in [2.45, 2.75) is 6.42 Å². The molecule has 3 N–H and O–H groups in total. The van der Waals surface area contributed by atoms with Crippen molar-refractivity contribution in [3.8, 4) is 0 Å². The molecule has 0 spiro atoms. The molecule has 6 nitrogen and oxygen atoms in total. The summed E-state index contributed by atoms with van der Waals surface area (Å²) in [5.41, 5.74) is 6.56. The van der Waals surface area contributed by atoms with E-state index in [9.17, 15) is 14.7 Å². The molecule has 1 saturated heterocycles. The van der Waals surface area contributed by atoms with Gasteiger partial charge in [-0.2, -0.15) is 0 Å². The minimum absolute atomic E-state index is 0.149. The molecule has 1 aromatic carbocycles. The molecule has 0 bridgehead atoms. The molecule has 0 saturated carbocycles. The number of aliphatic hydroxyl groups is 1. The van der Waals surface area contributed by atoms with Crippen molar-refractivity contribution in [1.82, 2.24) is 0 Å². The van der Waals surface area contributed by atoms with E-state index in [-0.39, 0.29) is 32.1 Å². The number of ether oxygens (including phenoxy) is 1. The van der Waals surface area contributed by atoms with Gasteiger partial charge in [0.15, 0.2) is 0 Å². The van der Waals surface area contributed by atoms with Crippen molar-refractivity contribution < 1.29 is 19.4 Å². The van der Waals surface area contributed by atoms with Gasteiger partial charge in [-0.25, -0.2) is 4.90 Å². The Morgan fingerprint density at radius 1 is 1.47 bits per heavy atom. The summed E-state index contributed by atoms with van der Waals surface area (Å²) in [6.45, 7) is -0.0211. The SMILES string of the molecule is Nc1ccc2c(c1)CC(=O)N2C(=O)C1(CO)COC1. The Balaban J connectivity index is 1.98. The average molecular weight is 262 g/mol. The first-order valence-corrected chi connectivity index (χ1v) is 6.02. The number of imide groups is 1. The van der Waals surface area contributed by atoms with Crippen LogP contribution >= 0.6 is 0 Å². The zero-order valence-electron chi connectivity index (χ0n) is 10.3. The van der Waals surface area contributed by atoms with Crippen molar-refractivity contribution >= 4 is 23.2 Å². The lowest BCUT2D eigenvalue weighted by Gasteiger charge is -2.40. The van der Waals surface area contributed by atoms with Gasteiger partial charge in [0.05, 0.1) is 31.9 Å². The summed E-state index contributed by atoms with van der Waals surface area (Å²) in [6.07, 6.45) is 0.161. The number of rotatable bonds is 2. The Labute approximate surface area is 109 Å². The van der Waals surface area contributed by atoms with Crippen molar-refractivity contribution in [3.05, 3.63) is 23.8 Å². The lowest BCUT2D eigenvalue weighted by molar-refractivity contribution is -0.167. The number of aliphatic hydroxyl groups excluding tert-OH is 1. The average Bonchev–Trinajstić information content (AvgIpc) is 2.63. The molecule has 6 heteroatoms. The van der Waals surface area contributed by atoms with Crippen LogP contribution in [0.25, 0.3) is 0 Å². The van der Waals surface area contributed by atoms with Crippen LogP contribution in [0.2, 0.25) is 0 Å². The van der Waals surface area contributed by atoms with Crippen molar-refractivity contribution in [3.63, 3.8) is 0 Å². The van der Waals surface area contributed by atoms with Crippen LogP contribution in [0.4, 0.5) is 11.4 Å². The summed E-state index contributed by atoms with van der Waals surface area (Å²) in [4.78, 5) is 25.6. The fourth-order valence-electron chi connectivity index (χ4n) is 2.43. The number of carbonyl (C=O) groups is 2. The number of nitrogens with two attached hydrogens (primary N) is 1. The van der Waals surface area contributed by atoms with Gasteiger partial charge in [-0.05, 0) is 23.8 Å². The van der Waals surface area contributed by atoms with E-state index in [0.29, 0.717) is 11.4 Å². The molecular formula is C13H14N2O4. The fraction of sp³-hybridized carbons (Fsp3) is 0.385. The molecule has 0 aliphatic carbocycles. The minimum Gasteiger partial charge on any atom is -0.399 e. The van der Waals surface area contributed by atoms with E-state index in [4.69, 9.17) is 10.5 Å². The minimum atomic E-state index is -0.974. The molecule has 0 radical (unpaired) electrons. The monoisotopic (exact) mass is 262 g/mol. The van der Waals surface area contributed by atoms with Gasteiger partial charge in [0.2, 0.25) is 11.8 Å². The van der Waals surface area contributed by atoms with E-state index in [1.54, 1.807) is 18.2 Å². The Morgan fingerprint density at radius 2 is 2.21 bits per heavy atom. The van der Waals surface area contributed by atoms with E-state index < -0.39 is 11.3 Å². The smallest absolute Gasteiger partial charge is 0.247 e. The zero-order valence-corrected chi connectivity index (χ0v) is 10.3. The number of benzene rings is 1. The van der Waals surface area contributed by atoms with E-state index in [2.05, 4.69) is 0 Å². The molecule has 0 unspecified atom stereocenters. The highest BCUT2D eigenvalue weighted by atomic mass is 16.5. The normalized spacial score (nSPS) is 20.1. The highest BCUT2D eigenvalue weighted by Crippen LogP contribution is 2.36. The maximum absolute atomic E-state index is 12.5. The topological polar surface area (TPSA) is 92.9 Å². The summed E-state index contributed by atoms with van der Waals surface area (Å²) in [5, 5.41) is 9.39. The third-order valence-corrected chi connectivity index (χ3v) is 3.65. The van der Waals surface area contributed by atoms with Crippen LogP contribution in [-0.2, 0) is 20.7 Å². The number of fused-ring (bicyclic) bond motifs is 1. The second-order valence-electron chi connectivity index (χ2n) is 5.03. The largest absolute Gasteiger partial charge is 0.399 e. The van der Waals surface area contributed by atoms with Gasteiger partial charge in [0, 0.05) is 5.69 Å². The zero-order chi connectivity index (χ0) is 13.6. The summed E-state index contributed by atoms with van der Waals surface area (Å²) in [7, 11) is 0. The third kappa shape index (κ3) is 1.64. The van der Waals surface area contributed by atoms with Gasteiger partial charge in [0.1, 0.15) is 5.41 Å². The molecule has 3 rings (SSSR count). The van der Waals surface area contributed by atoms with Gasteiger partial charge in [-0.1, -0.05) is 0 Å². The van der Waals surface area contributed by atoms with Crippen LogP contribution in [-0.4, -0.2) is 36.7 Å². The molecule has 1 fully saturated rings. The van der Waals surface area contributed by atoms with Crippen LogP contribution < -0.4 is 10.6 Å². The molecule has 0 atom stereocenters. The summed E-state index contributed by atoms with van der Waals surface area (Å²) in [5.74, 6) is -0.680. The van der Waals surface area contributed by atoms with E-state index in [0.717, 1.165) is 10.5 Å². The van der Waals surface area contributed by atoms with Crippen LogP contribution in [0.1, 0.15) is 5.56 Å². The molecule has 0 aromatic heterocycles. The first kappa shape index (κ1) is 12.1. The quantitative estimate of drug-likeness (QED) is 0.563. The van der Waals surface area contributed by atoms with Crippen molar-refractivity contribution in [2.75, 3.05) is 30.5 Å². The van der Waals surface area contributed by atoms with E-state index in [1.165, 1.54) is 0 Å². The second kappa shape index (κ2) is 4.04. The number of hydrogen-bond donors (Lipinski definition) is 2. The summed E-state index contributed by atoms with van der Waals surface area (Å²) < 4.78 is 5.01. The predicted octanol–water partition coefficient (Wildman–Crippen LogP) is -0.307. The van der Waals surface area contributed by atoms with Gasteiger partial charge in [-0.3, -0.25) is 9.59 Å². The Morgan fingerprint density at radius 3 is 2.79 bits per heavy atom. The molecule has 2 heterocycles. The molecule has 2 amide bonds. The number of amides is 2. The van der Waals surface area contributed by atoms with Gasteiger partial charge in [0.25, 0.3) is 0 Å². The lowest BCUT2D eigenvalue weighted by atomic mass is 9.85. The van der Waals surface area contributed by atoms with Crippen LogP contribution in [0.3, 0.4) is 0 Å². The molecule has 19 heavy (non-hydrogen) atoms. The number of nitrogens with zero attached hydrogens (tertiary/aromatic N) is 1. The summed E-state index contributed by atoms with van der Waals surface area (Å²) >= 11 is 0. The van der Waals surface area contributed by atoms with Gasteiger partial charge < -0.3 is 15.6 Å². The Kier molecular flexibility index (Phi) is 2.58. The molecule has 2 aliphatic heterocycles. The lowest BCUT2D eigenvalue weighted by Crippen LogP contribution is -2.58. The number of anilines is 2. The maximum atomic E-state index is 12.5. The Bertz CT molecular complexity index is 560. The molecule has 1 aromatic rings. The highest BCUT2D eigenvalue weighted by Gasteiger charge is 2.50. The fourth-order valence-corrected chi connectivity index (χ4v) is 2.43. The third-order valence-electron chi connectivity index (χ3n) is 3.65. The number of carbonyl (C=O) groups excluding carboxylic acids is 2. The molecular weight excluding hydrogens is 248 g/mol. The molecule has 2 aliphatic rings. The maximum Gasteiger partial charge on any atom is 0.247 e. The van der Waals surface area contributed by atoms with E-state index in [1.807, 2.05) is 0 Å². The van der Waals surface area contributed by atoms with Crippen LogP contribution in [0.15, 0.2) is 18.2 Å². The Hall–Kier alpha value is -1.92. The number of nitrogen functional groups attached to an aromatic ring is 1. The second-order valence-corrected chi connectivity index (χ2v) is 5.03. The van der Waals surface area contributed by atoms with Gasteiger partial charge >= 0.3 is 0 Å². The van der Waals surface area contributed by atoms with Crippen molar-refractivity contribution in [2.24, 2.45) is 5.41 Å². The number of hydrogen-bond acceptors (Lipinski definition) is 5. The summed E-state index contributed by atoms with van der Waals surface area (Å²) in [6, 6.07) is 5.02. The van der Waals surface area contributed by atoms with Crippen molar-refractivity contribution in [1.29, 1.82) is 0 Å².